The summed E-state index contributed by atoms with van der Waals surface area (Å²) < 4.78 is 5.62. The smallest absolute Gasteiger partial charge is 0.324 e. The Kier molecular flexibility index (Phi) is 6.79. The minimum atomic E-state index is -0.604. The van der Waals surface area contributed by atoms with Crippen molar-refractivity contribution in [1.82, 2.24) is 0 Å². The van der Waals surface area contributed by atoms with Gasteiger partial charge in [0.2, 0.25) is 0 Å². The van der Waals surface area contributed by atoms with Crippen molar-refractivity contribution in [3.63, 3.8) is 0 Å². The molecule has 0 amide bonds. The number of hydrogen-bond acceptors (Lipinski definition) is 2. The SMILES string of the molecule is CC1CCC(C(C)C)C(OC(=O)C(Cl)CCCl)C1. The molecule has 0 aromatic carbocycles. The number of esters is 1. The molecule has 1 saturated carbocycles. The van der Waals surface area contributed by atoms with Crippen LogP contribution in [0.3, 0.4) is 0 Å². The molecule has 0 bridgehead atoms. The van der Waals surface area contributed by atoms with E-state index < -0.39 is 5.38 Å². The average molecular weight is 295 g/mol. The molecule has 4 unspecified atom stereocenters. The van der Waals surface area contributed by atoms with Crippen LogP contribution in [0.25, 0.3) is 0 Å². The topological polar surface area (TPSA) is 26.3 Å². The molecule has 0 radical (unpaired) electrons. The Hall–Kier alpha value is 0.0500. The van der Waals surface area contributed by atoms with Gasteiger partial charge in [0.05, 0.1) is 0 Å². The molecule has 4 atom stereocenters. The van der Waals surface area contributed by atoms with E-state index >= 15 is 0 Å². The quantitative estimate of drug-likeness (QED) is 0.560. The Bertz CT molecular complexity index is 269. The summed E-state index contributed by atoms with van der Waals surface area (Å²) in [6.07, 6.45) is 3.82. The first-order valence-electron chi connectivity index (χ1n) is 6.86. The van der Waals surface area contributed by atoms with Crippen LogP contribution < -0.4 is 0 Å². The first-order chi connectivity index (χ1) is 8.45. The number of carbonyl (C=O) groups is 1. The van der Waals surface area contributed by atoms with E-state index in [4.69, 9.17) is 27.9 Å². The molecule has 0 N–H and O–H groups in total. The molecule has 0 aromatic rings. The van der Waals surface area contributed by atoms with E-state index in [-0.39, 0.29) is 12.1 Å². The highest BCUT2D eigenvalue weighted by atomic mass is 35.5. The lowest BCUT2D eigenvalue weighted by Crippen LogP contribution is -2.37. The number of hydrogen-bond donors (Lipinski definition) is 0. The number of ether oxygens (including phenoxy) is 1. The van der Waals surface area contributed by atoms with E-state index in [1.807, 2.05) is 0 Å². The van der Waals surface area contributed by atoms with Gasteiger partial charge in [-0.1, -0.05) is 27.2 Å². The van der Waals surface area contributed by atoms with Gasteiger partial charge in [-0.2, -0.15) is 0 Å². The molecular formula is C14H24Cl2O2. The Labute approximate surface area is 120 Å². The third-order valence-electron chi connectivity index (χ3n) is 3.85. The summed E-state index contributed by atoms with van der Waals surface area (Å²) in [7, 11) is 0. The predicted molar refractivity (Wildman–Crippen MR) is 76.2 cm³/mol. The van der Waals surface area contributed by atoms with E-state index in [9.17, 15) is 4.79 Å². The van der Waals surface area contributed by atoms with Crippen molar-refractivity contribution < 1.29 is 9.53 Å². The largest absolute Gasteiger partial charge is 0.461 e. The summed E-state index contributed by atoms with van der Waals surface area (Å²) in [6.45, 7) is 6.60. The third kappa shape index (κ3) is 4.62. The van der Waals surface area contributed by atoms with Gasteiger partial charge in [0.1, 0.15) is 11.5 Å². The molecule has 18 heavy (non-hydrogen) atoms. The molecule has 106 valence electrons. The minimum absolute atomic E-state index is 0.0258. The van der Waals surface area contributed by atoms with Crippen molar-refractivity contribution in [2.75, 3.05) is 5.88 Å². The molecule has 0 heterocycles. The summed E-state index contributed by atoms with van der Waals surface area (Å²) in [5, 5.41) is -0.604. The Morgan fingerprint density at radius 2 is 2.06 bits per heavy atom. The lowest BCUT2D eigenvalue weighted by atomic mass is 9.75. The van der Waals surface area contributed by atoms with Gasteiger partial charge < -0.3 is 4.74 Å². The summed E-state index contributed by atoms with van der Waals surface area (Å²) in [5.41, 5.74) is 0. The highest BCUT2D eigenvalue weighted by molar-refractivity contribution is 6.30. The van der Waals surface area contributed by atoms with Crippen LogP contribution in [0.2, 0.25) is 0 Å². The number of halogens is 2. The van der Waals surface area contributed by atoms with Crippen LogP contribution in [0.5, 0.6) is 0 Å². The van der Waals surface area contributed by atoms with E-state index in [0.29, 0.717) is 30.1 Å². The average Bonchev–Trinajstić information content (AvgIpc) is 2.28. The molecule has 4 heteroatoms. The monoisotopic (exact) mass is 294 g/mol. The molecule has 1 rings (SSSR count). The first-order valence-corrected chi connectivity index (χ1v) is 7.83. The van der Waals surface area contributed by atoms with Gasteiger partial charge in [-0.25, -0.2) is 0 Å². The van der Waals surface area contributed by atoms with Crippen LogP contribution in [-0.4, -0.2) is 23.3 Å². The van der Waals surface area contributed by atoms with Crippen molar-refractivity contribution in [1.29, 1.82) is 0 Å². The summed E-state index contributed by atoms with van der Waals surface area (Å²) >= 11 is 11.5. The molecule has 0 aromatic heterocycles. The van der Waals surface area contributed by atoms with Crippen molar-refractivity contribution in [3.8, 4) is 0 Å². The lowest BCUT2D eigenvalue weighted by molar-refractivity contribution is -0.155. The standard InChI is InChI=1S/C14H24Cl2O2/c1-9(2)11-5-4-10(3)8-13(11)18-14(17)12(16)6-7-15/h9-13H,4-8H2,1-3H3. The van der Waals surface area contributed by atoms with E-state index in [2.05, 4.69) is 20.8 Å². The second-order valence-corrected chi connectivity index (χ2v) is 6.65. The van der Waals surface area contributed by atoms with Gasteiger partial charge in [-0.15, -0.1) is 23.2 Å². The first kappa shape index (κ1) is 16.1. The van der Waals surface area contributed by atoms with Gasteiger partial charge in [-0.05, 0) is 37.0 Å². The maximum absolute atomic E-state index is 11.9. The molecule has 1 fully saturated rings. The second-order valence-electron chi connectivity index (χ2n) is 5.75. The summed E-state index contributed by atoms with van der Waals surface area (Å²) in [6, 6.07) is 0. The van der Waals surface area contributed by atoms with E-state index in [1.54, 1.807) is 0 Å². The van der Waals surface area contributed by atoms with Gasteiger partial charge in [-0.3, -0.25) is 4.79 Å². The highest BCUT2D eigenvalue weighted by Gasteiger charge is 2.34. The fourth-order valence-corrected chi connectivity index (χ4v) is 3.18. The van der Waals surface area contributed by atoms with Crippen molar-refractivity contribution in [2.45, 2.75) is 57.9 Å². The van der Waals surface area contributed by atoms with Crippen LogP contribution in [0.1, 0.15) is 46.5 Å². The van der Waals surface area contributed by atoms with Crippen LogP contribution >= 0.6 is 23.2 Å². The number of carbonyl (C=O) groups excluding carboxylic acids is 1. The Morgan fingerprint density at radius 1 is 1.39 bits per heavy atom. The predicted octanol–water partition coefficient (Wildman–Crippen LogP) is 4.23. The molecule has 1 aliphatic rings. The van der Waals surface area contributed by atoms with Crippen LogP contribution in [0, 0.1) is 17.8 Å². The minimum Gasteiger partial charge on any atom is -0.461 e. The molecule has 0 saturated heterocycles. The normalized spacial score (nSPS) is 30.2. The Balaban J connectivity index is 2.57. The molecular weight excluding hydrogens is 271 g/mol. The fourth-order valence-electron chi connectivity index (χ4n) is 2.69. The lowest BCUT2D eigenvalue weighted by Gasteiger charge is -2.37. The Morgan fingerprint density at radius 3 is 2.61 bits per heavy atom. The summed E-state index contributed by atoms with van der Waals surface area (Å²) in [4.78, 5) is 11.9. The van der Waals surface area contributed by atoms with E-state index in [0.717, 1.165) is 12.8 Å². The van der Waals surface area contributed by atoms with Gasteiger partial charge in [0.25, 0.3) is 0 Å². The third-order valence-corrected chi connectivity index (χ3v) is 4.46. The maximum Gasteiger partial charge on any atom is 0.324 e. The van der Waals surface area contributed by atoms with Crippen LogP contribution in [0.15, 0.2) is 0 Å². The number of rotatable bonds is 5. The van der Waals surface area contributed by atoms with Gasteiger partial charge in [0, 0.05) is 5.88 Å². The fraction of sp³-hybridized carbons (Fsp3) is 0.929. The highest BCUT2D eigenvalue weighted by Crippen LogP contribution is 2.35. The van der Waals surface area contributed by atoms with Gasteiger partial charge >= 0.3 is 5.97 Å². The van der Waals surface area contributed by atoms with Crippen LogP contribution in [0.4, 0.5) is 0 Å². The number of alkyl halides is 2. The van der Waals surface area contributed by atoms with E-state index in [1.165, 1.54) is 6.42 Å². The molecule has 1 aliphatic carbocycles. The van der Waals surface area contributed by atoms with Crippen molar-refractivity contribution in [3.05, 3.63) is 0 Å². The second kappa shape index (κ2) is 7.59. The van der Waals surface area contributed by atoms with Gasteiger partial charge in [0.15, 0.2) is 0 Å². The zero-order valence-corrected chi connectivity index (χ0v) is 13.0. The molecule has 0 aliphatic heterocycles. The van der Waals surface area contributed by atoms with Crippen molar-refractivity contribution in [2.24, 2.45) is 17.8 Å². The maximum atomic E-state index is 11.9. The van der Waals surface area contributed by atoms with Crippen LogP contribution in [-0.2, 0) is 9.53 Å². The zero-order valence-electron chi connectivity index (χ0n) is 11.5. The zero-order chi connectivity index (χ0) is 13.7. The molecule has 2 nitrogen and oxygen atoms in total. The summed E-state index contributed by atoms with van der Waals surface area (Å²) in [5.74, 6) is 1.71. The van der Waals surface area contributed by atoms with Crippen molar-refractivity contribution >= 4 is 29.2 Å². The molecule has 0 spiro atoms.